The summed E-state index contributed by atoms with van der Waals surface area (Å²) < 4.78 is 7.06. The van der Waals surface area contributed by atoms with Gasteiger partial charge in [-0.05, 0) is 47.9 Å². The lowest BCUT2D eigenvalue weighted by atomic mass is 10.1. The van der Waals surface area contributed by atoms with Crippen molar-refractivity contribution >= 4 is 5.69 Å². The average Bonchev–Trinajstić information content (AvgIpc) is 3.12. The summed E-state index contributed by atoms with van der Waals surface area (Å²) in [6.45, 7) is 12.0. The first-order chi connectivity index (χ1) is 12.7. The molecule has 0 amide bonds. The van der Waals surface area contributed by atoms with E-state index in [-0.39, 0.29) is 6.04 Å². The van der Waals surface area contributed by atoms with Gasteiger partial charge in [-0.3, -0.25) is 4.90 Å². The van der Waals surface area contributed by atoms with Gasteiger partial charge in [0, 0.05) is 39.0 Å². The van der Waals surface area contributed by atoms with Crippen molar-refractivity contribution in [2.24, 2.45) is 0 Å². The minimum absolute atomic E-state index is 0.252. The second-order valence-electron chi connectivity index (χ2n) is 6.92. The standard InChI is InChI=1S/C19H30N6O/c1-5-17(19-20-21-22-25(19)13-14-26-4)23-9-11-24(12-10-23)18-8-6-7-15(2)16(18)3/h6-8,17H,5,9-14H2,1-4H3/t17-/m0/s1. The first-order valence-electron chi connectivity index (χ1n) is 9.46. The van der Waals surface area contributed by atoms with Crippen LogP contribution in [0.2, 0.25) is 0 Å². The van der Waals surface area contributed by atoms with Crippen LogP contribution in [0.4, 0.5) is 5.69 Å². The van der Waals surface area contributed by atoms with Crippen LogP contribution in [-0.2, 0) is 11.3 Å². The molecule has 0 radical (unpaired) electrons. The number of ether oxygens (including phenoxy) is 1. The van der Waals surface area contributed by atoms with Gasteiger partial charge in [-0.25, -0.2) is 4.68 Å². The molecule has 0 saturated carbocycles. The van der Waals surface area contributed by atoms with Crippen molar-refractivity contribution < 1.29 is 4.74 Å². The van der Waals surface area contributed by atoms with Crippen molar-refractivity contribution in [3.05, 3.63) is 35.2 Å². The zero-order valence-corrected chi connectivity index (χ0v) is 16.4. The Hall–Kier alpha value is -1.99. The fourth-order valence-corrected chi connectivity index (χ4v) is 3.74. The fraction of sp³-hybridized carbons (Fsp3) is 0.632. The van der Waals surface area contributed by atoms with Gasteiger partial charge in [0.15, 0.2) is 5.82 Å². The highest BCUT2D eigenvalue weighted by Crippen LogP contribution is 2.27. The van der Waals surface area contributed by atoms with E-state index in [4.69, 9.17) is 4.74 Å². The number of hydrogen-bond donors (Lipinski definition) is 0. The third-order valence-electron chi connectivity index (χ3n) is 5.42. The van der Waals surface area contributed by atoms with E-state index in [1.165, 1.54) is 16.8 Å². The van der Waals surface area contributed by atoms with Crippen molar-refractivity contribution in [2.75, 3.05) is 44.8 Å². The van der Waals surface area contributed by atoms with Crippen LogP contribution < -0.4 is 4.90 Å². The Morgan fingerprint density at radius 2 is 1.92 bits per heavy atom. The first-order valence-corrected chi connectivity index (χ1v) is 9.46. The Balaban J connectivity index is 1.68. The van der Waals surface area contributed by atoms with Crippen molar-refractivity contribution in [1.82, 2.24) is 25.1 Å². The molecule has 1 aromatic carbocycles. The fourth-order valence-electron chi connectivity index (χ4n) is 3.74. The molecule has 1 aliphatic rings. The van der Waals surface area contributed by atoms with Crippen LogP contribution >= 0.6 is 0 Å². The number of aryl methyl sites for hydroxylation is 1. The molecule has 26 heavy (non-hydrogen) atoms. The lowest BCUT2D eigenvalue weighted by molar-refractivity contribution is 0.157. The molecule has 2 heterocycles. The van der Waals surface area contributed by atoms with Crippen LogP contribution in [0.15, 0.2) is 18.2 Å². The van der Waals surface area contributed by atoms with E-state index in [0.29, 0.717) is 13.2 Å². The minimum atomic E-state index is 0.252. The Kier molecular flexibility index (Phi) is 6.21. The largest absolute Gasteiger partial charge is 0.383 e. The van der Waals surface area contributed by atoms with E-state index in [2.05, 4.69) is 64.3 Å². The lowest BCUT2D eigenvalue weighted by Crippen LogP contribution is -2.48. The third-order valence-corrected chi connectivity index (χ3v) is 5.42. The molecule has 1 fully saturated rings. The number of piperazine rings is 1. The smallest absolute Gasteiger partial charge is 0.168 e. The second kappa shape index (κ2) is 8.60. The Labute approximate surface area is 155 Å². The third kappa shape index (κ3) is 3.88. The van der Waals surface area contributed by atoms with Crippen molar-refractivity contribution in [3.8, 4) is 0 Å². The molecule has 142 valence electrons. The molecule has 0 unspecified atom stereocenters. The maximum absolute atomic E-state index is 5.18. The van der Waals surface area contributed by atoms with Gasteiger partial charge in [-0.1, -0.05) is 19.1 Å². The van der Waals surface area contributed by atoms with E-state index in [0.717, 1.165) is 38.4 Å². The van der Waals surface area contributed by atoms with Crippen molar-refractivity contribution in [2.45, 2.75) is 39.8 Å². The average molecular weight is 358 g/mol. The molecule has 1 aromatic heterocycles. The van der Waals surface area contributed by atoms with Gasteiger partial charge in [-0.2, -0.15) is 0 Å². The molecule has 1 atom stereocenters. The molecule has 7 heteroatoms. The molecule has 0 spiro atoms. The quantitative estimate of drug-likeness (QED) is 0.756. The topological polar surface area (TPSA) is 59.3 Å². The molecule has 3 rings (SSSR count). The summed E-state index contributed by atoms with van der Waals surface area (Å²) >= 11 is 0. The van der Waals surface area contributed by atoms with Gasteiger partial charge in [0.05, 0.1) is 19.2 Å². The van der Waals surface area contributed by atoms with E-state index >= 15 is 0 Å². The number of tetrazole rings is 1. The predicted octanol–water partition coefficient (Wildman–Crippen LogP) is 2.21. The number of aromatic nitrogens is 4. The molecule has 2 aromatic rings. The summed E-state index contributed by atoms with van der Waals surface area (Å²) in [5.41, 5.74) is 4.10. The van der Waals surface area contributed by atoms with Gasteiger partial charge in [0.2, 0.25) is 0 Å². The van der Waals surface area contributed by atoms with Crippen molar-refractivity contribution in [3.63, 3.8) is 0 Å². The molecule has 7 nitrogen and oxygen atoms in total. The van der Waals surface area contributed by atoms with Crippen molar-refractivity contribution in [1.29, 1.82) is 0 Å². The van der Waals surface area contributed by atoms with Crippen LogP contribution in [0, 0.1) is 13.8 Å². The zero-order valence-electron chi connectivity index (χ0n) is 16.4. The highest BCUT2D eigenvalue weighted by Gasteiger charge is 2.28. The maximum Gasteiger partial charge on any atom is 0.168 e. The SMILES string of the molecule is CC[C@@H](c1nnnn1CCOC)N1CCN(c2cccc(C)c2C)CC1. The molecular formula is C19H30N6O. The highest BCUT2D eigenvalue weighted by atomic mass is 16.5. The Bertz CT molecular complexity index is 708. The monoisotopic (exact) mass is 358 g/mol. The highest BCUT2D eigenvalue weighted by molar-refractivity contribution is 5.56. The van der Waals surface area contributed by atoms with Crippen LogP contribution in [0.5, 0.6) is 0 Å². The lowest BCUT2D eigenvalue weighted by Gasteiger charge is -2.40. The Morgan fingerprint density at radius 3 is 2.62 bits per heavy atom. The van der Waals surface area contributed by atoms with E-state index in [1.807, 2.05) is 4.68 Å². The summed E-state index contributed by atoms with van der Waals surface area (Å²) in [6.07, 6.45) is 0.997. The van der Waals surface area contributed by atoms with Gasteiger partial charge in [0.1, 0.15) is 0 Å². The summed E-state index contributed by atoms with van der Waals surface area (Å²) in [4.78, 5) is 5.01. The van der Waals surface area contributed by atoms with E-state index in [1.54, 1.807) is 7.11 Å². The normalized spacial score (nSPS) is 16.8. The van der Waals surface area contributed by atoms with E-state index < -0.39 is 0 Å². The van der Waals surface area contributed by atoms with Crippen LogP contribution in [-0.4, -0.2) is 65.0 Å². The van der Waals surface area contributed by atoms with Gasteiger partial charge in [0.25, 0.3) is 0 Å². The summed E-state index contributed by atoms with van der Waals surface area (Å²) in [5.74, 6) is 0.949. The maximum atomic E-state index is 5.18. The Morgan fingerprint density at radius 1 is 1.15 bits per heavy atom. The summed E-state index contributed by atoms with van der Waals surface area (Å²) in [6, 6.07) is 6.83. The van der Waals surface area contributed by atoms with Gasteiger partial charge >= 0.3 is 0 Å². The zero-order chi connectivity index (χ0) is 18.5. The summed E-state index contributed by atoms with van der Waals surface area (Å²) in [7, 11) is 1.70. The number of methoxy groups -OCH3 is 1. The number of anilines is 1. The van der Waals surface area contributed by atoms with E-state index in [9.17, 15) is 0 Å². The predicted molar refractivity (Wildman–Crippen MR) is 102 cm³/mol. The molecular weight excluding hydrogens is 328 g/mol. The van der Waals surface area contributed by atoms with Crippen LogP contribution in [0.25, 0.3) is 0 Å². The van der Waals surface area contributed by atoms with Crippen LogP contribution in [0.3, 0.4) is 0 Å². The molecule has 0 bridgehead atoms. The molecule has 0 aliphatic carbocycles. The molecule has 1 aliphatic heterocycles. The van der Waals surface area contributed by atoms with Crippen LogP contribution in [0.1, 0.15) is 36.3 Å². The molecule has 0 N–H and O–H groups in total. The molecule has 1 saturated heterocycles. The number of rotatable bonds is 7. The first kappa shape index (κ1) is 18.8. The number of hydrogen-bond acceptors (Lipinski definition) is 6. The second-order valence-corrected chi connectivity index (χ2v) is 6.92. The number of nitrogens with zero attached hydrogens (tertiary/aromatic N) is 6. The van der Waals surface area contributed by atoms with Gasteiger partial charge < -0.3 is 9.64 Å². The minimum Gasteiger partial charge on any atom is -0.383 e. The summed E-state index contributed by atoms with van der Waals surface area (Å²) in [5, 5.41) is 12.3. The number of benzene rings is 1. The van der Waals surface area contributed by atoms with Gasteiger partial charge in [-0.15, -0.1) is 5.10 Å².